The lowest BCUT2D eigenvalue weighted by Crippen LogP contribution is -2.31. The molecule has 1 amide bonds. The first kappa shape index (κ1) is 24.4. The van der Waals surface area contributed by atoms with Gasteiger partial charge in [0.25, 0.3) is 10.0 Å². The molecule has 2 aromatic heterocycles. The van der Waals surface area contributed by atoms with Gasteiger partial charge in [-0.15, -0.1) is 11.3 Å². The van der Waals surface area contributed by atoms with Crippen LogP contribution in [-0.2, 0) is 27.7 Å². The van der Waals surface area contributed by atoms with Crippen molar-refractivity contribution < 1.29 is 17.9 Å². The fraction of sp³-hybridized carbons (Fsp3) is 0.458. The highest BCUT2D eigenvalue weighted by molar-refractivity contribution is 7.92. The summed E-state index contributed by atoms with van der Waals surface area (Å²) in [5, 5.41) is 0.716. The van der Waals surface area contributed by atoms with Crippen LogP contribution in [0, 0.1) is 0 Å². The van der Waals surface area contributed by atoms with Gasteiger partial charge >= 0.3 is 6.09 Å². The lowest BCUT2D eigenvalue weighted by atomic mass is 10.1. The second kappa shape index (κ2) is 10.7. The van der Waals surface area contributed by atoms with Crippen molar-refractivity contribution in [3.8, 4) is 11.3 Å². The molecule has 182 valence electrons. The minimum Gasteiger partial charge on any atom is -0.449 e. The largest absolute Gasteiger partial charge is 0.449 e. The third kappa shape index (κ3) is 5.85. The van der Waals surface area contributed by atoms with Gasteiger partial charge in [-0.25, -0.2) is 27.9 Å². The van der Waals surface area contributed by atoms with Gasteiger partial charge in [0.15, 0.2) is 4.21 Å². The minimum absolute atomic E-state index is 0.0294. The molecule has 2 heterocycles. The quantitative estimate of drug-likeness (QED) is 0.366. The van der Waals surface area contributed by atoms with Crippen LogP contribution in [0.3, 0.4) is 0 Å². The van der Waals surface area contributed by atoms with Crippen LogP contribution >= 0.6 is 11.3 Å². The third-order valence-corrected chi connectivity index (χ3v) is 8.50. The van der Waals surface area contributed by atoms with Crippen LogP contribution in [-0.4, -0.2) is 35.7 Å². The highest BCUT2D eigenvalue weighted by Crippen LogP contribution is 2.39. The molecule has 1 aliphatic rings. The highest BCUT2D eigenvalue weighted by Gasteiger charge is 2.29. The molecular formula is C24H30N4O4S2. The van der Waals surface area contributed by atoms with E-state index in [0.29, 0.717) is 41.6 Å². The van der Waals surface area contributed by atoms with Gasteiger partial charge in [0, 0.05) is 30.4 Å². The zero-order chi connectivity index (χ0) is 24.1. The Morgan fingerprint density at radius 3 is 2.65 bits per heavy atom. The van der Waals surface area contributed by atoms with Gasteiger partial charge in [-0.3, -0.25) is 0 Å². The van der Waals surface area contributed by atoms with Crippen molar-refractivity contribution in [3.63, 3.8) is 0 Å². The highest BCUT2D eigenvalue weighted by atomic mass is 32.2. The van der Waals surface area contributed by atoms with Crippen LogP contribution in [0.15, 0.2) is 40.9 Å². The van der Waals surface area contributed by atoms with E-state index < -0.39 is 16.1 Å². The summed E-state index contributed by atoms with van der Waals surface area (Å²) in [6.45, 7) is 4.86. The fourth-order valence-electron chi connectivity index (χ4n) is 3.65. The van der Waals surface area contributed by atoms with Crippen molar-refractivity contribution in [2.45, 2.75) is 69.0 Å². The van der Waals surface area contributed by atoms with Gasteiger partial charge in [-0.2, -0.15) is 0 Å². The number of benzene rings is 1. The molecule has 1 fully saturated rings. The predicted molar refractivity (Wildman–Crippen MR) is 131 cm³/mol. The molecule has 4 rings (SSSR count). The van der Waals surface area contributed by atoms with Gasteiger partial charge in [0.1, 0.15) is 11.5 Å². The third-order valence-electron chi connectivity index (χ3n) is 5.57. The maximum atomic E-state index is 13.0. The first-order chi connectivity index (χ1) is 16.4. The first-order valence-electron chi connectivity index (χ1n) is 11.7. The van der Waals surface area contributed by atoms with Crippen LogP contribution in [0.25, 0.3) is 11.3 Å². The smallest absolute Gasteiger partial charge is 0.421 e. The van der Waals surface area contributed by atoms with Crippen molar-refractivity contribution in [3.05, 3.63) is 53.1 Å². The van der Waals surface area contributed by atoms with Gasteiger partial charge in [0.05, 0.1) is 11.6 Å². The molecular weight excluding hydrogens is 472 g/mol. The fourth-order valence-corrected chi connectivity index (χ4v) is 6.21. The predicted octanol–water partition coefficient (Wildman–Crippen LogP) is 5.10. The average molecular weight is 503 g/mol. The molecule has 0 atom stereocenters. The van der Waals surface area contributed by atoms with E-state index in [0.717, 1.165) is 35.6 Å². The van der Waals surface area contributed by atoms with Gasteiger partial charge in [-0.1, -0.05) is 44.5 Å². The maximum Gasteiger partial charge on any atom is 0.421 e. The Bertz CT molecular complexity index is 1230. The van der Waals surface area contributed by atoms with Gasteiger partial charge in [0.2, 0.25) is 0 Å². The van der Waals surface area contributed by atoms with Crippen LogP contribution < -0.4 is 4.72 Å². The Labute approximate surface area is 204 Å². The van der Waals surface area contributed by atoms with Gasteiger partial charge in [-0.05, 0) is 37.7 Å². The maximum absolute atomic E-state index is 13.0. The summed E-state index contributed by atoms with van der Waals surface area (Å²) in [6, 6.07) is 7.72. The van der Waals surface area contributed by atoms with E-state index >= 15 is 0 Å². The SMILES string of the molecule is CCCCOC(=O)NS(=O)(=O)c1sc(CCC)nc1-c1ccc(Cn2ccnc2C2CC2)cc1. The summed E-state index contributed by atoms with van der Waals surface area (Å²) in [5.41, 5.74) is 2.14. The van der Waals surface area contributed by atoms with E-state index in [1.165, 1.54) is 12.8 Å². The molecule has 0 bridgehead atoms. The van der Waals surface area contributed by atoms with E-state index in [1.807, 2.05) is 55.2 Å². The molecule has 1 saturated carbocycles. The molecule has 0 unspecified atom stereocenters. The molecule has 0 aliphatic heterocycles. The Morgan fingerprint density at radius 2 is 1.97 bits per heavy atom. The molecule has 34 heavy (non-hydrogen) atoms. The molecule has 0 radical (unpaired) electrons. The number of hydrogen-bond donors (Lipinski definition) is 1. The normalized spacial score (nSPS) is 13.7. The van der Waals surface area contributed by atoms with Gasteiger partial charge < -0.3 is 9.30 Å². The number of nitrogens with zero attached hydrogens (tertiary/aromatic N) is 3. The number of ether oxygens (including phenoxy) is 1. The number of imidazole rings is 1. The molecule has 8 nitrogen and oxygen atoms in total. The molecule has 3 aromatic rings. The molecule has 1 aromatic carbocycles. The zero-order valence-electron chi connectivity index (χ0n) is 19.5. The molecule has 0 saturated heterocycles. The van der Waals surface area contributed by atoms with Crippen LogP contribution in [0.1, 0.15) is 68.3 Å². The number of aromatic nitrogens is 3. The average Bonchev–Trinajstić information content (AvgIpc) is 3.38. The summed E-state index contributed by atoms with van der Waals surface area (Å²) >= 11 is 1.09. The van der Waals surface area contributed by atoms with E-state index in [-0.39, 0.29) is 10.8 Å². The Balaban J connectivity index is 1.55. The second-order valence-electron chi connectivity index (χ2n) is 8.47. The lowest BCUT2D eigenvalue weighted by Gasteiger charge is -2.09. The number of aryl methyl sites for hydroxylation is 1. The van der Waals surface area contributed by atoms with Crippen molar-refractivity contribution in [1.29, 1.82) is 0 Å². The van der Waals surface area contributed by atoms with Crippen molar-refractivity contribution in [2.75, 3.05) is 6.61 Å². The van der Waals surface area contributed by atoms with E-state index in [2.05, 4.69) is 14.5 Å². The molecule has 10 heteroatoms. The second-order valence-corrected chi connectivity index (χ2v) is 11.4. The molecule has 0 spiro atoms. The standard InChI is InChI=1S/C24H30N4O4S2/c1-3-5-15-32-24(29)27-34(30,31)23-21(26-20(33-23)6-4-2)18-9-7-17(8-10-18)16-28-14-13-25-22(28)19-11-12-19/h7-10,13-14,19H,3-6,11-12,15-16H2,1-2H3,(H,27,29). The van der Waals surface area contributed by atoms with Crippen molar-refractivity contribution in [1.82, 2.24) is 19.3 Å². The van der Waals surface area contributed by atoms with Crippen molar-refractivity contribution >= 4 is 27.5 Å². The summed E-state index contributed by atoms with van der Waals surface area (Å²) in [6.07, 6.45) is 8.27. The zero-order valence-corrected chi connectivity index (χ0v) is 21.1. The van der Waals surface area contributed by atoms with Crippen LogP contribution in [0.4, 0.5) is 4.79 Å². The van der Waals surface area contributed by atoms with Crippen LogP contribution in [0.2, 0.25) is 0 Å². The number of thiazole rings is 1. The Kier molecular flexibility index (Phi) is 7.67. The van der Waals surface area contributed by atoms with E-state index in [9.17, 15) is 13.2 Å². The summed E-state index contributed by atoms with van der Waals surface area (Å²) in [4.78, 5) is 21.1. The number of carbonyl (C=O) groups is 1. The minimum atomic E-state index is -4.11. The number of sulfonamides is 1. The Hall–Kier alpha value is -2.72. The number of carbonyl (C=O) groups excluding carboxylic acids is 1. The number of rotatable bonds is 11. The molecule has 1 aliphatic carbocycles. The number of hydrogen-bond acceptors (Lipinski definition) is 7. The lowest BCUT2D eigenvalue weighted by molar-refractivity contribution is 0.151. The summed E-state index contributed by atoms with van der Waals surface area (Å²) < 4.78 is 35.3. The summed E-state index contributed by atoms with van der Waals surface area (Å²) in [5.74, 6) is 1.69. The first-order valence-corrected chi connectivity index (χ1v) is 14.0. The van der Waals surface area contributed by atoms with E-state index in [1.54, 1.807) is 0 Å². The monoisotopic (exact) mass is 502 g/mol. The topological polar surface area (TPSA) is 103 Å². The number of unbranched alkanes of at least 4 members (excludes halogenated alkanes) is 1. The number of amides is 1. The molecule has 1 N–H and O–H groups in total. The van der Waals surface area contributed by atoms with Crippen LogP contribution in [0.5, 0.6) is 0 Å². The Morgan fingerprint density at radius 1 is 1.21 bits per heavy atom. The van der Waals surface area contributed by atoms with E-state index in [4.69, 9.17) is 4.74 Å². The summed E-state index contributed by atoms with van der Waals surface area (Å²) in [7, 11) is -4.11. The number of nitrogens with one attached hydrogen (secondary N) is 1. The van der Waals surface area contributed by atoms with Crippen molar-refractivity contribution in [2.24, 2.45) is 0 Å².